The van der Waals surface area contributed by atoms with Crippen LogP contribution in [0.15, 0.2) is 128 Å². The number of fused-ring (bicyclic) bond motifs is 2. The maximum atomic E-state index is 12.9. The fourth-order valence-electron chi connectivity index (χ4n) is 4.59. The van der Waals surface area contributed by atoms with E-state index in [0.717, 1.165) is 27.6 Å². The van der Waals surface area contributed by atoms with E-state index in [1.807, 2.05) is 60.7 Å². The van der Waals surface area contributed by atoms with Crippen LogP contribution in [0.3, 0.4) is 0 Å². The molecule has 2 aromatic heterocycles. The number of benzene rings is 4. The van der Waals surface area contributed by atoms with E-state index in [0.29, 0.717) is 22.3 Å². The van der Waals surface area contributed by atoms with Crippen LogP contribution < -0.4 is 20.7 Å². The van der Waals surface area contributed by atoms with Crippen LogP contribution in [-0.4, -0.2) is 12.1 Å². The molecule has 6 rings (SSSR count). The predicted octanol–water partition coefficient (Wildman–Crippen LogP) is 6.61. The van der Waals surface area contributed by atoms with Crippen molar-refractivity contribution in [1.82, 2.24) is 0 Å². The number of ether oxygens (including phenoxy) is 2. The number of esters is 1. The standard InChI is InChI=1S/C33H22O7/c1-20(37-23-12-14-25-27(21-8-4-2-5-9-21)18-31(34)39-29(25)16-23)33(36)38-24-13-15-26-28(22-10-6-3-7-11-22)19-32(35)40-30(26)17-24/h2-20H,1H3. The highest BCUT2D eigenvalue weighted by Crippen LogP contribution is 2.31. The number of hydrogen-bond donors (Lipinski definition) is 0. The second-order valence-corrected chi connectivity index (χ2v) is 9.19. The highest BCUT2D eigenvalue weighted by molar-refractivity contribution is 5.95. The average Bonchev–Trinajstić information content (AvgIpc) is 2.96. The normalized spacial score (nSPS) is 11.8. The summed E-state index contributed by atoms with van der Waals surface area (Å²) >= 11 is 0. The molecule has 2 heterocycles. The van der Waals surface area contributed by atoms with Crippen LogP contribution in [0.2, 0.25) is 0 Å². The lowest BCUT2D eigenvalue weighted by Gasteiger charge is -2.15. The van der Waals surface area contributed by atoms with Gasteiger partial charge in [-0.2, -0.15) is 0 Å². The van der Waals surface area contributed by atoms with Crippen molar-refractivity contribution in [2.75, 3.05) is 0 Å². The van der Waals surface area contributed by atoms with Gasteiger partial charge in [0, 0.05) is 35.0 Å². The summed E-state index contributed by atoms with van der Waals surface area (Å²) in [6, 6.07) is 31.8. The quantitative estimate of drug-likeness (QED) is 0.136. The van der Waals surface area contributed by atoms with Crippen LogP contribution in [0.5, 0.6) is 11.5 Å². The third-order valence-corrected chi connectivity index (χ3v) is 6.46. The molecule has 0 saturated heterocycles. The van der Waals surface area contributed by atoms with Crippen molar-refractivity contribution in [2.45, 2.75) is 13.0 Å². The van der Waals surface area contributed by atoms with Crippen molar-refractivity contribution in [3.05, 3.63) is 130 Å². The maximum absolute atomic E-state index is 12.9. The van der Waals surface area contributed by atoms with Crippen molar-refractivity contribution in [2.24, 2.45) is 0 Å². The van der Waals surface area contributed by atoms with Gasteiger partial charge < -0.3 is 18.3 Å². The summed E-state index contributed by atoms with van der Waals surface area (Å²) in [4.78, 5) is 37.3. The largest absolute Gasteiger partial charge is 0.479 e. The Morgan fingerprint density at radius 1 is 0.625 bits per heavy atom. The van der Waals surface area contributed by atoms with E-state index in [9.17, 15) is 14.4 Å². The molecule has 4 aromatic carbocycles. The Morgan fingerprint density at radius 2 is 1.10 bits per heavy atom. The molecule has 0 aliphatic rings. The van der Waals surface area contributed by atoms with Gasteiger partial charge in [0.05, 0.1) is 0 Å². The minimum Gasteiger partial charge on any atom is -0.479 e. The van der Waals surface area contributed by atoms with Crippen molar-refractivity contribution in [3.8, 4) is 33.8 Å². The highest BCUT2D eigenvalue weighted by atomic mass is 16.6. The van der Waals surface area contributed by atoms with Crippen LogP contribution in [0.25, 0.3) is 44.2 Å². The van der Waals surface area contributed by atoms with Crippen molar-refractivity contribution >= 4 is 27.9 Å². The predicted molar refractivity (Wildman–Crippen MR) is 152 cm³/mol. The van der Waals surface area contributed by atoms with E-state index in [-0.39, 0.29) is 5.75 Å². The van der Waals surface area contributed by atoms with Gasteiger partial charge in [-0.1, -0.05) is 60.7 Å². The first kappa shape index (κ1) is 24.9. The molecule has 0 amide bonds. The molecule has 40 heavy (non-hydrogen) atoms. The van der Waals surface area contributed by atoms with Crippen molar-refractivity contribution in [3.63, 3.8) is 0 Å². The molecule has 0 spiro atoms. The lowest BCUT2D eigenvalue weighted by atomic mass is 10.0. The molecule has 7 heteroatoms. The summed E-state index contributed by atoms with van der Waals surface area (Å²) in [5.74, 6) is -0.110. The Hall–Kier alpha value is -5.43. The maximum Gasteiger partial charge on any atom is 0.352 e. The van der Waals surface area contributed by atoms with Gasteiger partial charge in [0.25, 0.3) is 0 Å². The Labute approximate surface area is 227 Å². The highest BCUT2D eigenvalue weighted by Gasteiger charge is 2.19. The van der Waals surface area contributed by atoms with Gasteiger partial charge in [-0.05, 0) is 53.4 Å². The SMILES string of the molecule is CC(Oc1ccc2c(-c3ccccc3)cc(=O)oc2c1)C(=O)Oc1ccc2c(-c3ccccc3)cc(=O)oc2c1. The fraction of sp³-hybridized carbons (Fsp3) is 0.0606. The van der Waals surface area contributed by atoms with E-state index in [4.69, 9.17) is 18.3 Å². The number of carbonyl (C=O) groups excluding carboxylic acids is 1. The lowest BCUT2D eigenvalue weighted by Crippen LogP contribution is -2.28. The summed E-state index contributed by atoms with van der Waals surface area (Å²) in [5, 5.41) is 1.45. The van der Waals surface area contributed by atoms with E-state index >= 15 is 0 Å². The molecule has 196 valence electrons. The van der Waals surface area contributed by atoms with Crippen molar-refractivity contribution < 1.29 is 23.1 Å². The topological polar surface area (TPSA) is 96.0 Å². The van der Waals surface area contributed by atoms with Crippen LogP contribution in [0.4, 0.5) is 0 Å². The molecule has 0 saturated carbocycles. The third kappa shape index (κ3) is 5.00. The molecule has 0 radical (unpaired) electrons. The molecule has 7 nitrogen and oxygen atoms in total. The van der Waals surface area contributed by atoms with Gasteiger partial charge in [0.15, 0.2) is 6.10 Å². The first-order valence-electron chi connectivity index (χ1n) is 12.6. The van der Waals surface area contributed by atoms with Crippen LogP contribution in [0.1, 0.15) is 6.92 Å². The molecular weight excluding hydrogens is 508 g/mol. The second-order valence-electron chi connectivity index (χ2n) is 9.19. The molecular formula is C33H22O7. The summed E-state index contributed by atoms with van der Waals surface area (Å²) in [7, 11) is 0. The molecule has 0 N–H and O–H groups in total. The van der Waals surface area contributed by atoms with Gasteiger partial charge in [0.1, 0.15) is 22.7 Å². The zero-order valence-electron chi connectivity index (χ0n) is 21.3. The zero-order valence-corrected chi connectivity index (χ0v) is 21.3. The average molecular weight is 531 g/mol. The zero-order chi connectivity index (χ0) is 27.6. The second kappa shape index (κ2) is 10.4. The lowest BCUT2D eigenvalue weighted by molar-refractivity contribution is -0.141. The monoisotopic (exact) mass is 530 g/mol. The van der Waals surface area contributed by atoms with Crippen LogP contribution in [0, 0.1) is 0 Å². The Balaban J connectivity index is 1.23. The van der Waals surface area contributed by atoms with Gasteiger partial charge in [-0.25, -0.2) is 14.4 Å². The Kier molecular flexibility index (Phi) is 6.46. The fourth-order valence-corrected chi connectivity index (χ4v) is 4.59. The number of hydrogen-bond acceptors (Lipinski definition) is 7. The molecule has 1 unspecified atom stereocenters. The smallest absolute Gasteiger partial charge is 0.352 e. The Morgan fingerprint density at radius 3 is 1.62 bits per heavy atom. The Bertz CT molecular complexity index is 1970. The summed E-state index contributed by atoms with van der Waals surface area (Å²) in [6.07, 6.45) is -0.986. The molecule has 1 atom stereocenters. The van der Waals surface area contributed by atoms with Crippen LogP contribution >= 0.6 is 0 Å². The third-order valence-electron chi connectivity index (χ3n) is 6.46. The van der Waals surface area contributed by atoms with Gasteiger partial charge in [0.2, 0.25) is 0 Å². The molecule has 0 bridgehead atoms. The summed E-state index contributed by atoms with van der Waals surface area (Å²) in [5.41, 5.74) is 2.85. The van der Waals surface area contributed by atoms with Crippen molar-refractivity contribution in [1.29, 1.82) is 0 Å². The molecule has 0 fully saturated rings. The number of rotatable bonds is 6. The first-order valence-corrected chi connectivity index (χ1v) is 12.6. The first-order chi connectivity index (χ1) is 19.4. The van der Waals surface area contributed by atoms with Crippen LogP contribution in [-0.2, 0) is 4.79 Å². The minimum absolute atomic E-state index is 0.207. The summed E-state index contributed by atoms with van der Waals surface area (Å²) < 4.78 is 22.1. The number of carbonyl (C=O) groups is 1. The van der Waals surface area contributed by atoms with E-state index < -0.39 is 23.3 Å². The summed E-state index contributed by atoms with van der Waals surface area (Å²) in [6.45, 7) is 1.55. The minimum atomic E-state index is -0.986. The molecule has 6 aromatic rings. The van der Waals surface area contributed by atoms with E-state index in [1.165, 1.54) is 18.2 Å². The molecule has 0 aliphatic heterocycles. The van der Waals surface area contributed by atoms with Gasteiger partial charge >= 0.3 is 17.2 Å². The van der Waals surface area contributed by atoms with Gasteiger partial charge in [-0.3, -0.25) is 0 Å². The van der Waals surface area contributed by atoms with Gasteiger partial charge in [-0.15, -0.1) is 0 Å². The van der Waals surface area contributed by atoms with E-state index in [1.54, 1.807) is 37.3 Å². The molecule has 0 aliphatic carbocycles. The van der Waals surface area contributed by atoms with E-state index in [2.05, 4.69) is 0 Å².